The smallest absolute Gasteiger partial charge is 0.344 e. The minimum atomic E-state index is -0.331. The SMILES string of the molecule is CCOc1cc2oc(=O)c3cc(C(C)C)ccc3c2cc1OC. The molecule has 0 atom stereocenters. The van der Waals surface area contributed by atoms with Crippen LogP contribution in [-0.4, -0.2) is 13.7 Å². The lowest BCUT2D eigenvalue weighted by Crippen LogP contribution is -2.02. The molecule has 0 aliphatic carbocycles. The number of hydrogen-bond donors (Lipinski definition) is 0. The number of rotatable bonds is 4. The minimum Gasteiger partial charge on any atom is -0.493 e. The summed E-state index contributed by atoms with van der Waals surface area (Å²) in [6, 6.07) is 9.52. The van der Waals surface area contributed by atoms with Crippen molar-refractivity contribution in [1.29, 1.82) is 0 Å². The maximum Gasteiger partial charge on any atom is 0.344 e. The van der Waals surface area contributed by atoms with Gasteiger partial charge in [0.1, 0.15) is 5.58 Å². The van der Waals surface area contributed by atoms with Gasteiger partial charge in [-0.15, -0.1) is 0 Å². The topological polar surface area (TPSA) is 48.7 Å². The van der Waals surface area contributed by atoms with Gasteiger partial charge in [-0.3, -0.25) is 0 Å². The third-order valence-electron chi connectivity index (χ3n) is 3.99. The van der Waals surface area contributed by atoms with Gasteiger partial charge in [-0.25, -0.2) is 4.79 Å². The Kier molecular flexibility index (Phi) is 3.99. The molecular weight excluding hydrogens is 292 g/mol. The van der Waals surface area contributed by atoms with Crippen molar-refractivity contribution in [2.24, 2.45) is 0 Å². The summed E-state index contributed by atoms with van der Waals surface area (Å²) in [5, 5.41) is 2.30. The highest BCUT2D eigenvalue weighted by atomic mass is 16.5. The summed E-state index contributed by atoms with van der Waals surface area (Å²) in [6.07, 6.45) is 0. The molecule has 0 N–H and O–H groups in total. The van der Waals surface area contributed by atoms with Crippen LogP contribution in [0.2, 0.25) is 0 Å². The van der Waals surface area contributed by atoms with E-state index in [0.717, 1.165) is 16.3 Å². The second kappa shape index (κ2) is 5.95. The van der Waals surface area contributed by atoms with E-state index in [-0.39, 0.29) is 5.63 Å². The van der Waals surface area contributed by atoms with Crippen LogP contribution in [0.4, 0.5) is 0 Å². The molecule has 0 saturated heterocycles. The number of methoxy groups -OCH3 is 1. The van der Waals surface area contributed by atoms with E-state index in [1.165, 1.54) is 0 Å². The second-order valence-electron chi connectivity index (χ2n) is 5.78. The largest absolute Gasteiger partial charge is 0.493 e. The van der Waals surface area contributed by atoms with Gasteiger partial charge in [-0.1, -0.05) is 26.0 Å². The molecule has 1 heterocycles. The van der Waals surface area contributed by atoms with Crippen molar-refractivity contribution < 1.29 is 13.9 Å². The van der Waals surface area contributed by atoms with Gasteiger partial charge in [-0.2, -0.15) is 0 Å². The molecule has 0 bridgehead atoms. The first kappa shape index (κ1) is 15.4. The van der Waals surface area contributed by atoms with Gasteiger partial charge < -0.3 is 13.9 Å². The summed E-state index contributed by atoms with van der Waals surface area (Å²) >= 11 is 0. The van der Waals surface area contributed by atoms with Crippen molar-refractivity contribution >= 4 is 21.7 Å². The maximum atomic E-state index is 12.4. The lowest BCUT2D eigenvalue weighted by atomic mass is 9.98. The van der Waals surface area contributed by atoms with Gasteiger partial charge in [-0.05, 0) is 30.5 Å². The van der Waals surface area contributed by atoms with Crippen LogP contribution in [-0.2, 0) is 0 Å². The molecular formula is C19H20O4. The summed E-state index contributed by atoms with van der Waals surface area (Å²) in [7, 11) is 1.60. The third-order valence-corrected chi connectivity index (χ3v) is 3.99. The standard InChI is InChI=1S/C19H20O4/c1-5-22-18-10-16-14(9-17(18)21-4)13-7-6-12(11(2)3)8-15(13)19(20)23-16/h6-11H,5H2,1-4H3. The highest BCUT2D eigenvalue weighted by molar-refractivity contribution is 6.05. The molecule has 23 heavy (non-hydrogen) atoms. The van der Waals surface area contributed by atoms with Gasteiger partial charge in [0.05, 0.1) is 19.1 Å². The molecule has 0 saturated carbocycles. The van der Waals surface area contributed by atoms with E-state index >= 15 is 0 Å². The molecule has 2 aromatic carbocycles. The lowest BCUT2D eigenvalue weighted by molar-refractivity contribution is 0.311. The molecule has 0 radical (unpaired) electrons. The van der Waals surface area contributed by atoms with Gasteiger partial charge in [0.15, 0.2) is 11.5 Å². The van der Waals surface area contributed by atoms with Crippen molar-refractivity contribution in [1.82, 2.24) is 0 Å². The number of ether oxygens (including phenoxy) is 2. The molecule has 0 spiro atoms. The lowest BCUT2D eigenvalue weighted by Gasteiger charge is -2.12. The first-order valence-corrected chi connectivity index (χ1v) is 7.76. The molecule has 0 amide bonds. The zero-order valence-corrected chi connectivity index (χ0v) is 13.8. The van der Waals surface area contributed by atoms with E-state index < -0.39 is 0 Å². The molecule has 0 aliphatic heterocycles. The summed E-state index contributed by atoms with van der Waals surface area (Å²) in [5.41, 5.74) is 1.29. The fraction of sp³-hybridized carbons (Fsp3) is 0.316. The van der Waals surface area contributed by atoms with Crippen LogP contribution in [0.25, 0.3) is 21.7 Å². The van der Waals surface area contributed by atoms with E-state index in [2.05, 4.69) is 19.9 Å². The Morgan fingerprint density at radius 2 is 1.83 bits per heavy atom. The summed E-state index contributed by atoms with van der Waals surface area (Å²) in [4.78, 5) is 12.4. The Balaban J connectivity index is 2.36. The molecule has 120 valence electrons. The fourth-order valence-electron chi connectivity index (χ4n) is 2.74. The molecule has 3 rings (SSSR count). The van der Waals surface area contributed by atoms with E-state index in [1.54, 1.807) is 13.2 Å². The van der Waals surface area contributed by atoms with Crippen LogP contribution in [0.3, 0.4) is 0 Å². The van der Waals surface area contributed by atoms with E-state index in [4.69, 9.17) is 13.9 Å². The zero-order chi connectivity index (χ0) is 16.6. The molecule has 4 nitrogen and oxygen atoms in total. The molecule has 0 unspecified atom stereocenters. The van der Waals surface area contributed by atoms with Gasteiger partial charge in [0.25, 0.3) is 0 Å². The van der Waals surface area contributed by atoms with Crippen molar-refractivity contribution in [3.63, 3.8) is 0 Å². The third kappa shape index (κ3) is 2.65. The molecule has 0 fully saturated rings. The predicted octanol–water partition coefficient (Wildman–Crippen LogP) is 4.48. The zero-order valence-electron chi connectivity index (χ0n) is 13.8. The van der Waals surface area contributed by atoms with Crippen molar-refractivity contribution in [3.8, 4) is 11.5 Å². The van der Waals surface area contributed by atoms with E-state index in [0.29, 0.717) is 35.0 Å². The predicted molar refractivity (Wildman–Crippen MR) is 91.8 cm³/mol. The van der Waals surface area contributed by atoms with Crippen LogP contribution in [0, 0.1) is 0 Å². The van der Waals surface area contributed by atoms with Crippen LogP contribution in [0.15, 0.2) is 39.5 Å². The summed E-state index contributed by atoms with van der Waals surface area (Å²) in [5.74, 6) is 1.55. The van der Waals surface area contributed by atoms with E-state index in [1.807, 2.05) is 25.1 Å². The first-order valence-electron chi connectivity index (χ1n) is 7.76. The van der Waals surface area contributed by atoms with Crippen molar-refractivity contribution in [3.05, 3.63) is 46.3 Å². The quantitative estimate of drug-likeness (QED) is 0.526. The summed E-state index contributed by atoms with van der Waals surface area (Å²) in [6.45, 7) is 6.60. The molecule has 1 aromatic heterocycles. The number of fused-ring (bicyclic) bond motifs is 3. The Hall–Kier alpha value is -2.49. The molecule has 0 aliphatic rings. The molecule has 3 aromatic rings. The average molecular weight is 312 g/mol. The maximum absolute atomic E-state index is 12.4. The van der Waals surface area contributed by atoms with Gasteiger partial charge in [0.2, 0.25) is 0 Å². The second-order valence-corrected chi connectivity index (χ2v) is 5.78. The summed E-state index contributed by atoms with van der Waals surface area (Å²) < 4.78 is 16.5. The fourth-order valence-corrected chi connectivity index (χ4v) is 2.74. The Morgan fingerprint density at radius 1 is 1.04 bits per heavy atom. The Labute approximate surface area is 134 Å². The van der Waals surface area contributed by atoms with Crippen LogP contribution >= 0.6 is 0 Å². The number of hydrogen-bond acceptors (Lipinski definition) is 4. The average Bonchev–Trinajstić information content (AvgIpc) is 2.54. The first-order chi connectivity index (χ1) is 11.0. The Morgan fingerprint density at radius 3 is 2.48 bits per heavy atom. The molecule has 4 heteroatoms. The van der Waals surface area contributed by atoms with Crippen LogP contribution in [0.5, 0.6) is 11.5 Å². The normalized spacial score (nSPS) is 11.3. The number of benzene rings is 2. The van der Waals surface area contributed by atoms with E-state index in [9.17, 15) is 4.79 Å². The van der Waals surface area contributed by atoms with Gasteiger partial charge >= 0.3 is 5.63 Å². The monoisotopic (exact) mass is 312 g/mol. The van der Waals surface area contributed by atoms with Crippen LogP contribution < -0.4 is 15.1 Å². The highest BCUT2D eigenvalue weighted by Gasteiger charge is 2.14. The van der Waals surface area contributed by atoms with Crippen molar-refractivity contribution in [2.75, 3.05) is 13.7 Å². The highest BCUT2D eigenvalue weighted by Crippen LogP contribution is 2.35. The minimum absolute atomic E-state index is 0.331. The Bertz CT molecular complexity index is 922. The van der Waals surface area contributed by atoms with Crippen LogP contribution in [0.1, 0.15) is 32.3 Å². The van der Waals surface area contributed by atoms with Crippen molar-refractivity contribution in [2.45, 2.75) is 26.7 Å². The van der Waals surface area contributed by atoms with Gasteiger partial charge in [0, 0.05) is 16.8 Å².